The molecule has 0 N–H and O–H groups in total. The molecule has 0 bridgehead atoms. The molecular weight excluding hydrogens is 377 g/mol. The molecule has 1 amide bonds. The van der Waals surface area contributed by atoms with Crippen LogP contribution in [0.5, 0.6) is 5.75 Å². The number of alkyl halides is 2. The Morgan fingerprint density at radius 1 is 1.29 bits per heavy atom. The molecule has 28 heavy (non-hydrogen) atoms. The molecule has 3 rings (SSSR count). The predicted octanol–water partition coefficient (Wildman–Crippen LogP) is 2.86. The van der Waals surface area contributed by atoms with Gasteiger partial charge in [0.2, 0.25) is 6.41 Å². The second kappa shape index (κ2) is 8.57. The topological polar surface area (TPSA) is 60.9 Å². The average Bonchev–Trinajstić information content (AvgIpc) is 2.65. The van der Waals surface area contributed by atoms with Gasteiger partial charge in [-0.3, -0.25) is 9.78 Å². The molecule has 2 aromatic rings. The summed E-state index contributed by atoms with van der Waals surface area (Å²) in [5.74, 6) is -1.42. The first-order valence-electron chi connectivity index (χ1n) is 8.45. The van der Waals surface area contributed by atoms with Crippen LogP contribution < -0.4 is 4.74 Å². The van der Waals surface area contributed by atoms with Crippen LogP contribution in [0.1, 0.15) is 5.56 Å². The van der Waals surface area contributed by atoms with Crippen LogP contribution in [0.4, 0.5) is 13.2 Å². The summed E-state index contributed by atoms with van der Waals surface area (Å²) in [7, 11) is 1.57. The number of carbonyl (C=O) groups excluding carboxylic acids is 1. The quantitative estimate of drug-likeness (QED) is 0.610. The zero-order valence-corrected chi connectivity index (χ0v) is 15.1. The summed E-state index contributed by atoms with van der Waals surface area (Å²) < 4.78 is 53.3. The van der Waals surface area contributed by atoms with E-state index >= 15 is 0 Å². The third-order valence-electron chi connectivity index (χ3n) is 4.46. The van der Waals surface area contributed by atoms with Crippen molar-refractivity contribution in [2.24, 2.45) is 0 Å². The number of aromatic nitrogens is 1. The van der Waals surface area contributed by atoms with Crippen molar-refractivity contribution in [1.82, 2.24) is 9.88 Å². The molecule has 0 spiro atoms. The van der Waals surface area contributed by atoms with Gasteiger partial charge >= 0.3 is 6.61 Å². The smallest absolute Gasteiger partial charge is 0.387 e. The third kappa shape index (κ3) is 4.60. The van der Waals surface area contributed by atoms with Crippen LogP contribution in [0, 0.1) is 5.82 Å². The fraction of sp³-hybridized carbons (Fsp3) is 0.368. The van der Waals surface area contributed by atoms with Crippen molar-refractivity contribution in [3.63, 3.8) is 0 Å². The maximum absolute atomic E-state index is 13.6. The molecule has 1 saturated heterocycles. The summed E-state index contributed by atoms with van der Waals surface area (Å²) in [6.07, 6.45) is 3.83. The van der Waals surface area contributed by atoms with E-state index in [1.165, 1.54) is 18.3 Å². The first-order valence-corrected chi connectivity index (χ1v) is 8.45. The van der Waals surface area contributed by atoms with Crippen molar-refractivity contribution >= 4 is 6.41 Å². The number of carbonyl (C=O) groups is 1. The minimum Gasteiger partial charge on any atom is -0.432 e. The summed E-state index contributed by atoms with van der Waals surface area (Å²) in [5, 5.41) is 0. The normalized spacial score (nSPS) is 15.2. The minimum absolute atomic E-state index is 0.275. The highest BCUT2D eigenvalue weighted by Gasteiger charge is 2.40. The van der Waals surface area contributed by atoms with Crippen molar-refractivity contribution < 1.29 is 32.2 Å². The van der Waals surface area contributed by atoms with Gasteiger partial charge in [0.05, 0.1) is 19.8 Å². The zero-order chi connectivity index (χ0) is 20.1. The molecule has 6 nitrogen and oxygen atoms in total. The van der Waals surface area contributed by atoms with E-state index in [1.54, 1.807) is 24.3 Å². The van der Waals surface area contributed by atoms with Crippen LogP contribution in [0.15, 0.2) is 36.7 Å². The minimum atomic E-state index is -3.13. The number of nitrogens with zero attached hydrogens (tertiary/aromatic N) is 2. The molecule has 150 valence electrons. The highest BCUT2D eigenvalue weighted by atomic mass is 19.3. The van der Waals surface area contributed by atoms with E-state index in [9.17, 15) is 18.0 Å². The van der Waals surface area contributed by atoms with E-state index in [1.807, 2.05) is 0 Å². The molecule has 0 atom stereocenters. The Bertz CT molecular complexity index is 825. The van der Waals surface area contributed by atoms with Crippen molar-refractivity contribution in [2.75, 3.05) is 26.9 Å². The van der Waals surface area contributed by atoms with Gasteiger partial charge in [-0.1, -0.05) is 6.07 Å². The number of ether oxygens (including phenoxy) is 3. The van der Waals surface area contributed by atoms with E-state index in [4.69, 9.17) is 9.47 Å². The fourth-order valence-electron chi connectivity index (χ4n) is 2.94. The number of benzene rings is 1. The standard InChI is InChI=1S/C19H19F3N2O4/c1-26-19(10-27-11-19)9-24(12-25)8-13-4-15(7-23-6-13)14-2-3-16(20)17(5-14)28-18(21)22/h2-7,12,18H,8-11H2,1H3. The van der Waals surface area contributed by atoms with Crippen molar-refractivity contribution in [2.45, 2.75) is 18.8 Å². The van der Waals surface area contributed by atoms with Gasteiger partial charge in [-0.2, -0.15) is 8.78 Å². The van der Waals surface area contributed by atoms with Crippen LogP contribution in [0.3, 0.4) is 0 Å². The summed E-state index contributed by atoms with van der Waals surface area (Å²) in [4.78, 5) is 17.1. The summed E-state index contributed by atoms with van der Waals surface area (Å²) in [5.41, 5.74) is 1.25. The van der Waals surface area contributed by atoms with Crippen LogP contribution in [0.25, 0.3) is 11.1 Å². The Morgan fingerprint density at radius 3 is 2.68 bits per heavy atom. The largest absolute Gasteiger partial charge is 0.432 e. The molecule has 0 aliphatic carbocycles. The van der Waals surface area contributed by atoms with E-state index in [0.717, 1.165) is 18.0 Å². The highest BCUT2D eigenvalue weighted by molar-refractivity contribution is 5.65. The number of hydrogen-bond donors (Lipinski definition) is 0. The Balaban J connectivity index is 1.77. The van der Waals surface area contributed by atoms with Gasteiger partial charge in [-0.15, -0.1) is 0 Å². The van der Waals surface area contributed by atoms with Crippen LogP contribution in [-0.4, -0.2) is 55.4 Å². The van der Waals surface area contributed by atoms with Gasteiger partial charge in [0.25, 0.3) is 0 Å². The number of rotatable bonds is 9. The number of pyridine rings is 1. The van der Waals surface area contributed by atoms with Gasteiger partial charge in [0, 0.05) is 31.6 Å². The summed E-state index contributed by atoms with van der Waals surface area (Å²) >= 11 is 0. The lowest BCUT2D eigenvalue weighted by Gasteiger charge is -2.42. The maximum Gasteiger partial charge on any atom is 0.387 e. The monoisotopic (exact) mass is 396 g/mol. The molecule has 9 heteroatoms. The first-order chi connectivity index (χ1) is 13.4. The van der Waals surface area contributed by atoms with Crippen LogP contribution >= 0.6 is 0 Å². The third-order valence-corrected chi connectivity index (χ3v) is 4.46. The van der Waals surface area contributed by atoms with Gasteiger partial charge < -0.3 is 19.1 Å². The second-order valence-corrected chi connectivity index (χ2v) is 6.50. The molecule has 0 radical (unpaired) electrons. The van der Waals surface area contributed by atoms with Gasteiger partial charge in [0.1, 0.15) is 5.60 Å². The zero-order valence-electron chi connectivity index (χ0n) is 15.1. The van der Waals surface area contributed by atoms with Gasteiger partial charge in [-0.05, 0) is 29.3 Å². The molecular formula is C19H19F3N2O4. The number of halogens is 3. The SMILES string of the molecule is COC1(CN(C=O)Cc2cncc(-c3ccc(F)c(OC(F)F)c3)c2)COC1. The van der Waals surface area contributed by atoms with Crippen molar-refractivity contribution in [3.8, 4) is 16.9 Å². The lowest BCUT2D eigenvalue weighted by atomic mass is 10.0. The van der Waals surface area contributed by atoms with Gasteiger partial charge in [0.15, 0.2) is 11.6 Å². The predicted molar refractivity (Wildman–Crippen MR) is 93.3 cm³/mol. The molecule has 1 fully saturated rings. The van der Waals surface area contributed by atoms with Crippen molar-refractivity contribution in [1.29, 1.82) is 0 Å². The summed E-state index contributed by atoms with van der Waals surface area (Å²) in [6.45, 7) is -1.67. The maximum atomic E-state index is 13.6. The van der Waals surface area contributed by atoms with E-state index in [-0.39, 0.29) is 6.54 Å². The van der Waals surface area contributed by atoms with Gasteiger partial charge in [-0.25, -0.2) is 4.39 Å². The van der Waals surface area contributed by atoms with Crippen LogP contribution in [-0.2, 0) is 20.8 Å². The summed E-state index contributed by atoms with van der Waals surface area (Å²) in [6, 6.07) is 5.43. The number of amides is 1. The first kappa shape index (κ1) is 20.1. The Kier molecular flexibility index (Phi) is 6.15. The Hall–Kier alpha value is -2.65. The molecule has 0 saturated carbocycles. The second-order valence-electron chi connectivity index (χ2n) is 6.50. The van der Waals surface area contributed by atoms with Crippen LogP contribution in [0.2, 0.25) is 0 Å². The molecule has 0 unspecified atom stereocenters. The highest BCUT2D eigenvalue weighted by Crippen LogP contribution is 2.28. The molecule has 1 aliphatic rings. The van der Waals surface area contributed by atoms with E-state index < -0.39 is 23.8 Å². The van der Waals surface area contributed by atoms with E-state index in [2.05, 4.69) is 9.72 Å². The molecule has 2 heterocycles. The Morgan fingerprint density at radius 2 is 2.07 bits per heavy atom. The van der Waals surface area contributed by atoms with Crippen molar-refractivity contribution in [3.05, 3.63) is 48.0 Å². The molecule has 1 aromatic heterocycles. The number of methoxy groups -OCH3 is 1. The molecule has 1 aromatic carbocycles. The average molecular weight is 396 g/mol. The molecule has 1 aliphatic heterocycles. The Labute approximate surface area is 159 Å². The van der Waals surface area contributed by atoms with E-state index in [0.29, 0.717) is 30.9 Å². The number of hydrogen-bond acceptors (Lipinski definition) is 5. The lowest BCUT2D eigenvalue weighted by Crippen LogP contribution is -2.58. The lowest BCUT2D eigenvalue weighted by molar-refractivity contribution is -0.203. The fourth-order valence-corrected chi connectivity index (χ4v) is 2.94.